The highest BCUT2D eigenvalue weighted by Gasteiger charge is 2.20. The molecule has 0 bridgehead atoms. The molecule has 0 amide bonds. The first-order chi connectivity index (χ1) is 9.58. The van der Waals surface area contributed by atoms with Gasteiger partial charge in [-0.15, -0.1) is 0 Å². The molecular formula is C11H8BFN4O3. The predicted octanol–water partition coefficient (Wildman–Crippen LogP) is -0.419. The molecule has 3 rings (SSSR count). The number of halogens is 1. The van der Waals surface area contributed by atoms with Crippen LogP contribution in [0.5, 0.6) is 0 Å². The highest BCUT2D eigenvalue weighted by Crippen LogP contribution is 2.19. The maximum absolute atomic E-state index is 13.3. The predicted molar refractivity (Wildman–Crippen MR) is 68.3 cm³/mol. The fourth-order valence-corrected chi connectivity index (χ4v) is 1.83. The van der Waals surface area contributed by atoms with E-state index in [-0.39, 0.29) is 17.3 Å². The Morgan fingerprint density at radius 1 is 1.30 bits per heavy atom. The molecule has 0 fully saturated rings. The van der Waals surface area contributed by atoms with Gasteiger partial charge in [0.25, 0.3) is 0 Å². The number of hydrogen-bond acceptors (Lipinski definition) is 6. The van der Waals surface area contributed by atoms with Crippen LogP contribution >= 0.6 is 0 Å². The second-order valence-corrected chi connectivity index (χ2v) is 4.24. The van der Waals surface area contributed by atoms with E-state index < -0.39 is 5.76 Å². The molecule has 3 aromatic rings. The summed E-state index contributed by atoms with van der Waals surface area (Å²) in [4.78, 5) is 11.8. The van der Waals surface area contributed by atoms with Crippen molar-refractivity contribution in [1.29, 1.82) is 0 Å². The number of nitrogens with zero attached hydrogens (tertiary/aromatic N) is 4. The molecule has 2 heterocycles. The summed E-state index contributed by atoms with van der Waals surface area (Å²) in [5.41, 5.74) is 1.58. The quantitative estimate of drug-likeness (QED) is 0.590. The van der Waals surface area contributed by atoms with Crippen LogP contribution in [-0.2, 0) is 0 Å². The lowest BCUT2D eigenvalue weighted by molar-refractivity contribution is 0.305. The Balaban J connectivity index is 2.24. The van der Waals surface area contributed by atoms with E-state index >= 15 is 0 Å². The molecule has 0 saturated heterocycles. The zero-order valence-corrected chi connectivity index (χ0v) is 10.6. The van der Waals surface area contributed by atoms with Crippen molar-refractivity contribution in [3.05, 3.63) is 40.3 Å². The number of benzene rings is 1. The fraction of sp³-hybridized carbons (Fsp3) is 0.0909. The van der Waals surface area contributed by atoms with Gasteiger partial charge in [0, 0.05) is 0 Å². The highest BCUT2D eigenvalue weighted by atomic mass is 19.1. The number of rotatable bonds is 2. The van der Waals surface area contributed by atoms with Crippen molar-refractivity contribution < 1.29 is 13.5 Å². The molecule has 0 N–H and O–H groups in total. The Morgan fingerprint density at radius 3 is 2.75 bits per heavy atom. The minimum atomic E-state index is -0.701. The Kier molecular flexibility index (Phi) is 2.74. The van der Waals surface area contributed by atoms with Gasteiger partial charge in [0.05, 0.1) is 5.69 Å². The van der Waals surface area contributed by atoms with Crippen molar-refractivity contribution >= 4 is 13.3 Å². The van der Waals surface area contributed by atoms with Crippen LogP contribution in [-0.4, -0.2) is 27.9 Å². The molecule has 9 heteroatoms. The SMILES string of the molecule is Bc1cc(-n2c(-c3nonc3C)noc2=O)ccc1F. The molecule has 0 aliphatic carbocycles. The Morgan fingerprint density at radius 2 is 2.10 bits per heavy atom. The van der Waals surface area contributed by atoms with E-state index in [2.05, 4.69) is 24.6 Å². The topological polar surface area (TPSA) is 86.9 Å². The first-order valence-electron chi connectivity index (χ1n) is 5.72. The summed E-state index contributed by atoms with van der Waals surface area (Å²) in [5.74, 6) is -0.910. The van der Waals surface area contributed by atoms with Gasteiger partial charge in [-0.1, -0.05) is 15.8 Å². The van der Waals surface area contributed by atoms with Gasteiger partial charge in [-0.25, -0.2) is 18.4 Å². The van der Waals surface area contributed by atoms with Crippen LogP contribution in [0.2, 0.25) is 0 Å². The third kappa shape index (κ3) is 1.83. The molecule has 2 aromatic heterocycles. The molecule has 0 aliphatic rings. The van der Waals surface area contributed by atoms with E-state index in [0.29, 0.717) is 16.8 Å². The van der Waals surface area contributed by atoms with Crippen molar-refractivity contribution in [2.75, 3.05) is 0 Å². The van der Waals surface area contributed by atoms with Crippen LogP contribution in [0, 0.1) is 12.7 Å². The van der Waals surface area contributed by atoms with E-state index in [1.807, 2.05) is 0 Å². The second-order valence-electron chi connectivity index (χ2n) is 4.24. The largest absolute Gasteiger partial charge is 0.446 e. The van der Waals surface area contributed by atoms with Crippen LogP contribution < -0.4 is 11.2 Å². The lowest BCUT2D eigenvalue weighted by Crippen LogP contribution is -2.17. The monoisotopic (exact) mass is 274 g/mol. The van der Waals surface area contributed by atoms with E-state index in [9.17, 15) is 9.18 Å². The van der Waals surface area contributed by atoms with Crippen LogP contribution in [0.4, 0.5) is 4.39 Å². The van der Waals surface area contributed by atoms with Gasteiger partial charge < -0.3 is 0 Å². The molecule has 20 heavy (non-hydrogen) atoms. The van der Waals surface area contributed by atoms with E-state index in [1.165, 1.54) is 22.8 Å². The van der Waals surface area contributed by atoms with Crippen molar-refractivity contribution in [2.45, 2.75) is 6.92 Å². The van der Waals surface area contributed by atoms with Gasteiger partial charge in [0.2, 0.25) is 5.82 Å². The summed E-state index contributed by atoms with van der Waals surface area (Å²) in [6.07, 6.45) is 0. The summed E-state index contributed by atoms with van der Waals surface area (Å²) in [7, 11) is 1.60. The smallest absolute Gasteiger partial charge is 0.295 e. The fourth-order valence-electron chi connectivity index (χ4n) is 1.83. The summed E-state index contributed by atoms with van der Waals surface area (Å²) in [5, 5.41) is 11.0. The van der Waals surface area contributed by atoms with E-state index in [4.69, 9.17) is 0 Å². The maximum Gasteiger partial charge on any atom is 0.446 e. The van der Waals surface area contributed by atoms with Crippen molar-refractivity contribution in [3.8, 4) is 17.2 Å². The molecule has 0 aliphatic heterocycles. The molecule has 100 valence electrons. The van der Waals surface area contributed by atoms with E-state index in [0.717, 1.165) is 0 Å². The van der Waals surface area contributed by atoms with Gasteiger partial charge in [0.15, 0.2) is 5.69 Å². The third-order valence-electron chi connectivity index (χ3n) is 2.87. The van der Waals surface area contributed by atoms with Gasteiger partial charge >= 0.3 is 5.76 Å². The summed E-state index contributed by atoms with van der Waals surface area (Å²) >= 11 is 0. The van der Waals surface area contributed by atoms with Crippen molar-refractivity contribution in [1.82, 2.24) is 20.0 Å². The Bertz CT molecular complexity index is 838. The molecule has 0 atom stereocenters. The average Bonchev–Trinajstić information content (AvgIpc) is 2.99. The lowest BCUT2D eigenvalue weighted by Gasteiger charge is -2.04. The first kappa shape index (κ1) is 12.3. The lowest BCUT2D eigenvalue weighted by atomic mass is 9.95. The van der Waals surface area contributed by atoms with E-state index in [1.54, 1.807) is 14.8 Å². The minimum absolute atomic E-state index is 0.153. The number of aromatic nitrogens is 4. The van der Waals surface area contributed by atoms with Gasteiger partial charge in [-0.2, -0.15) is 0 Å². The molecule has 0 radical (unpaired) electrons. The van der Waals surface area contributed by atoms with Gasteiger partial charge in [-0.05, 0) is 30.3 Å². The molecule has 1 aromatic carbocycles. The second kappa shape index (κ2) is 4.44. The molecule has 7 nitrogen and oxygen atoms in total. The zero-order valence-electron chi connectivity index (χ0n) is 10.6. The zero-order chi connectivity index (χ0) is 14.3. The summed E-state index contributed by atoms with van der Waals surface area (Å²) in [6, 6.07) is 4.23. The van der Waals surface area contributed by atoms with Crippen LogP contribution in [0.1, 0.15) is 5.69 Å². The minimum Gasteiger partial charge on any atom is -0.295 e. The van der Waals surface area contributed by atoms with Crippen molar-refractivity contribution in [3.63, 3.8) is 0 Å². The normalized spacial score (nSPS) is 10.9. The average molecular weight is 274 g/mol. The number of hydrogen-bond donors (Lipinski definition) is 0. The molecule has 0 unspecified atom stereocenters. The van der Waals surface area contributed by atoms with Crippen LogP contribution in [0.25, 0.3) is 17.2 Å². The maximum atomic E-state index is 13.3. The van der Waals surface area contributed by atoms with Crippen LogP contribution in [0.15, 0.2) is 32.1 Å². The first-order valence-corrected chi connectivity index (χ1v) is 5.72. The number of aryl methyl sites for hydroxylation is 1. The van der Waals surface area contributed by atoms with Crippen molar-refractivity contribution in [2.24, 2.45) is 0 Å². The van der Waals surface area contributed by atoms with Gasteiger partial charge in [-0.3, -0.25) is 4.52 Å². The molecular weight excluding hydrogens is 266 g/mol. The Hall–Kier alpha value is -2.71. The summed E-state index contributed by atoms with van der Waals surface area (Å²) < 4.78 is 23.7. The highest BCUT2D eigenvalue weighted by molar-refractivity contribution is 6.32. The van der Waals surface area contributed by atoms with Crippen LogP contribution in [0.3, 0.4) is 0 Å². The summed E-state index contributed by atoms with van der Waals surface area (Å²) in [6.45, 7) is 1.66. The Labute approximate surface area is 112 Å². The molecule has 0 spiro atoms. The third-order valence-corrected chi connectivity index (χ3v) is 2.87. The molecule has 0 saturated carbocycles. The van der Waals surface area contributed by atoms with Gasteiger partial charge in [0.1, 0.15) is 19.4 Å². The standard InChI is InChI=1S/C11H8BFN4O3/c1-5-9(15-20-14-5)10-16-19-11(18)17(10)6-2-3-8(13)7(12)4-6/h2-4H,12H2,1H3.